The highest BCUT2D eigenvalue weighted by molar-refractivity contribution is 6.05. The van der Waals surface area contributed by atoms with Crippen LogP contribution in [0.2, 0.25) is 0 Å². The molecule has 132 valence electrons. The van der Waals surface area contributed by atoms with E-state index in [0.29, 0.717) is 11.5 Å². The molecule has 0 spiro atoms. The molecule has 4 rings (SSSR count). The second-order valence-corrected chi connectivity index (χ2v) is 7.10. The molecule has 2 saturated heterocycles. The average molecular weight is 340 g/mol. The third-order valence-corrected chi connectivity index (χ3v) is 5.40. The summed E-state index contributed by atoms with van der Waals surface area (Å²) in [5.41, 5.74) is 7.59. The van der Waals surface area contributed by atoms with E-state index >= 15 is 0 Å². The molecular formula is C19H24N4O2. The van der Waals surface area contributed by atoms with Gasteiger partial charge in [-0.3, -0.25) is 14.8 Å². The predicted molar refractivity (Wildman–Crippen MR) is 95.1 cm³/mol. The van der Waals surface area contributed by atoms with Gasteiger partial charge in [0, 0.05) is 55.6 Å². The van der Waals surface area contributed by atoms with Crippen molar-refractivity contribution in [1.29, 1.82) is 0 Å². The molecule has 1 amide bonds. The zero-order chi connectivity index (χ0) is 17.2. The first-order valence-electron chi connectivity index (χ1n) is 9.07. The Morgan fingerprint density at radius 1 is 1.28 bits per heavy atom. The van der Waals surface area contributed by atoms with Crippen LogP contribution < -0.4 is 5.73 Å². The van der Waals surface area contributed by atoms with Gasteiger partial charge in [-0.2, -0.15) is 0 Å². The molecular weight excluding hydrogens is 316 g/mol. The highest BCUT2D eigenvalue weighted by Gasteiger charge is 2.33. The summed E-state index contributed by atoms with van der Waals surface area (Å²) in [6.45, 7) is 2.26. The quantitative estimate of drug-likeness (QED) is 0.904. The molecule has 4 heterocycles. The van der Waals surface area contributed by atoms with Gasteiger partial charge in [-0.05, 0) is 37.8 Å². The lowest BCUT2D eigenvalue weighted by atomic mass is 9.87. The lowest BCUT2D eigenvalue weighted by molar-refractivity contribution is -0.0439. The Hall–Kier alpha value is -2.05. The Balaban J connectivity index is 1.53. The smallest absolute Gasteiger partial charge is 0.254 e. The number of hydrogen-bond donors (Lipinski definition) is 1. The largest absolute Gasteiger partial charge is 0.378 e. The molecule has 0 aliphatic carbocycles. The summed E-state index contributed by atoms with van der Waals surface area (Å²) in [6, 6.07) is 3.85. The minimum absolute atomic E-state index is 0.0604. The van der Waals surface area contributed by atoms with Gasteiger partial charge in [0.05, 0.1) is 17.2 Å². The monoisotopic (exact) mass is 340 g/mol. The molecule has 2 N–H and O–H groups in total. The molecule has 0 aromatic carbocycles. The number of rotatable bonds is 2. The third kappa shape index (κ3) is 3.37. The molecule has 2 aromatic heterocycles. The number of nitrogens with two attached hydrogens (primary N) is 1. The Bertz CT molecular complexity index is 761. The van der Waals surface area contributed by atoms with Crippen LogP contribution in [0, 0.1) is 5.92 Å². The molecule has 2 aromatic rings. The minimum atomic E-state index is 0.0604. The Morgan fingerprint density at radius 2 is 2.20 bits per heavy atom. The van der Waals surface area contributed by atoms with Crippen LogP contribution in [0.15, 0.2) is 30.7 Å². The lowest BCUT2D eigenvalue weighted by Crippen LogP contribution is -2.47. The highest BCUT2D eigenvalue weighted by Crippen LogP contribution is 2.28. The summed E-state index contributed by atoms with van der Waals surface area (Å²) in [5, 5.41) is 0.813. The van der Waals surface area contributed by atoms with Gasteiger partial charge in [0.2, 0.25) is 0 Å². The zero-order valence-electron chi connectivity index (χ0n) is 14.3. The molecule has 3 atom stereocenters. The van der Waals surface area contributed by atoms with Gasteiger partial charge < -0.3 is 15.4 Å². The first kappa shape index (κ1) is 16.4. The summed E-state index contributed by atoms with van der Waals surface area (Å²) >= 11 is 0. The number of hydrogen-bond acceptors (Lipinski definition) is 5. The number of likely N-dealkylation sites (tertiary alicyclic amines) is 1. The summed E-state index contributed by atoms with van der Waals surface area (Å²) in [6.07, 6.45) is 9.23. The van der Waals surface area contributed by atoms with Crippen molar-refractivity contribution in [3.8, 4) is 0 Å². The molecule has 2 aliphatic rings. The summed E-state index contributed by atoms with van der Waals surface area (Å²) in [4.78, 5) is 23.5. The van der Waals surface area contributed by atoms with Crippen molar-refractivity contribution in [1.82, 2.24) is 14.9 Å². The SMILES string of the molecule is NC1CCOC(C2CCCN(C(=O)c3ccnc4ccncc34)C2)C1. The Morgan fingerprint density at radius 3 is 3.08 bits per heavy atom. The maximum Gasteiger partial charge on any atom is 0.254 e. The van der Waals surface area contributed by atoms with Crippen LogP contribution in [0.4, 0.5) is 0 Å². The van der Waals surface area contributed by atoms with E-state index in [1.165, 1.54) is 0 Å². The fraction of sp³-hybridized carbons (Fsp3) is 0.526. The van der Waals surface area contributed by atoms with Crippen LogP contribution in [0.25, 0.3) is 10.9 Å². The molecule has 0 bridgehead atoms. The van der Waals surface area contributed by atoms with Crippen LogP contribution >= 0.6 is 0 Å². The number of piperidine rings is 1. The Labute approximate surface area is 147 Å². The van der Waals surface area contributed by atoms with Crippen molar-refractivity contribution in [2.45, 2.75) is 37.8 Å². The van der Waals surface area contributed by atoms with E-state index in [4.69, 9.17) is 10.5 Å². The van der Waals surface area contributed by atoms with E-state index in [1.54, 1.807) is 24.7 Å². The van der Waals surface area contributed by atoms with E-state index in [0.717, 1.165) is 56.3 Å². The van der Waals surface area contributed by atoms with Crippen molar-refractivity contribution < 1.29 is 9.53 Å². The topological polar surface area (TPSA) is 81.3 Å². The van der Waals surface area contributed by atoms with Crippen LogP contribution in [-0.4, -0.2) is 52.6 Å². The summed E-state index contributed by atoms with van der Waals surface area (Å²) in [5.74, 6) is 0.431. The third-order valence-electron chi connectivity index (χ3n) is 5.40. The van der Waals surface area contributed by atoms with Crippen molar-refractivity contribution in [3.05, 3.63) is 36.3 Å². The van der Waals surface area contributed by atoms with E-state index in [-0.39, 0.29) is 18.1 Å². The Kier molecular flexibility index (Phi) is 4.63. The van der Waals surface area contributed by atoms with Crippen LogP contribution in [0.1, 0.15) is 36.0 Å². The molecule has 2 aliphatic heterocycles. The van der Waals surface area contributed by atoms with Gasteiger partial charge in [0.1, 0.15) is 0 Å². The van der Waals surface area contributed by atoms with E-state index < -0.39 is 0 Å². The number of pyridine rings is 2. The van der Waals surface area contributed by atoms with Crippen molar-refractivity contribution in [2.75, 3.05) is 19.7 Å². The average Bonchev–Trinajstić information content (AvgIpc) is 2.67. The minimum Gasteiger partial charge on any atom is -0.378 e. The van der Waals surface area contributed by atoms with E-state index in [1.807, 2.05) is 11.0 Å². The standard InChI is InChI=1S/C19H24N4O2/c20-14-5-9-25-18(10-14)13-2-1-8-23(12-13)19(24)15-3-7-22-17-4-6-21-11-16(15)17/h3-4,6-7,11,13-14,18H,1-2,5,8-10,12,20H2. The van der Waals surface area contributed by atoms with E-state index in [9.17, 15) is 4.79 Å². The number of aromatic nitrogens is 2. The number of carbonyl (C=O) groups is 1. The van der Waals surface area contributed by atoms with Crippen LogP contribution in [-0.2, 0) is 4.74 Å². The van der Waals surface area contributed by atoms with Crippen molar-refractivity contribution >= 4 is 16.8 Å². The number of fused-ring (bicyclic) bond motifs is 1. The summed E-state index contributed by atoms with van der Waals surface area (Å²) < 4.78 is 5.95. The first-order valence-corrected chi connectivity index (χ1v) is 9.07. The number of ether oxygens (including phenoxy) is 1. The molecule has 6 nitrogen and oxygen atoms in total. The number of carbonyl (C=O) groups excluding carboxylic acids is 1. The van der Waals surface area contributed by atoms with Crippen LogP contribution in [0.5, 0.6) is 0 Å². The van der Waals surface area contributed by atoms with Gasteiger partial charge in [-0.1, -0.05) is 0 Å². The molecule has 0 saturated carbocycles. The van der Waals surface area contributed by atoms with Crippen molar-refractivity contribution in [2.24, 2.45) is 11.7 Å². The predicted octanol–water partition coefficient (Wildman–Crippen LogP) is 1.99. The maximum atomic E-state index is 13.1. The van der Waals surface area contributed by atoms with Gasteiger partial charge in [0.15, 0.2) is 0 Å². The number of nitrogens with zero attached hydrogens (tertiary/aromatic N) is 3. The zero-order valence-corrected chi connectivity index (χ0v) is 14.3. The highest BCUT2D eigenvalue weighted by atomic mass is 16.5. The van der Waals surface area contributed by atoms with Crippen molar-refractivity contribution in [3.63, 3.8) is 0 Å². The van der Waals surface area contributed by atoms with Gasteiger partial charge >= 0.3 is 0 Å². The van der Waals surface area contributed by atoms with E-state index in [2.05, 4.69) is 9.97 Å². The molecule has 25 heavy (non-hydrogen) atoms. The maximum absolute atomic E-state index is 13.1. The fourth-order valence-electron chi connectivity index (χ4n) is 4.03. The normalized spacial score (nSPS) is 27.4. The molecule has 3 unspecified atom stereocenters. The second kappa shape index (κ2) is 7.06. The molecule has 6 heteroatoms. The van der Waals surface area contributed by atoms with Gasteiger partial charge in [0.25, 0.3) is 5.91 Å². The van der Waals surface area contributed by atoms with Gasteiger partial charge in [-0.15, -0.1) is 0 Å². The fourth-order valence-corrected chi connectivity index (χ4v) is 4.03. The lowest BCUT2D eigenvalue weighted by Gasteiger charge is -2.39. The second-order valence-electron chi connectivity index (χ2n) is 7.10. The number of amides is 1. The molecule has 0 radical (unpaired) electrons. The summed E-state index contributed by atoms with van der Waals surface area (Å²) in [7, 11) is 0. The van der Waals surface area contributed by atoms with Gasteiger partial charge in [-0.25, -0.2) is 0 Å². The molecule has 2 fully saturated rings. The van der Waals surface area contributed by atoms with Crippen LogP contribution in [0.3, 0.4) is 0 Å². The first-order chi connectivity index (χ1) is 12.2.